The number of hydrogen-bond donors (Lipinski definition) is 3. The molecule has 1 aliphatic heterocycles. The summed E-state index contributed by atoms with van der Waals surface area (Å²) >= 11 is 2.93. The monoisotopic (exact) mass is 581 g/mol. The Labute approximate surface area is 243 Å². The van der Waals surface area contributed by atoms with Crippen LogP contribution in [0, 0.1) is 11.7 Å². The van der Waals surface area contributed by atoms with Gasteiger partial charge in [-0.15, -0.1) is 36.7 Å². The molecule has 3 aromatic rings. The molecule has 4 rings (SSSR count). The Morgan fingerprint density at radius 3 is 2.70 bits per heavy atom. The first-order valence-electron chi connectivity index (χ1n) is 13.1. The molecule has 9 heteroatoms. The molecule has 6 nitrogen and oxygen atoms in total. The molecular formula is C31H36FN3O3S2. The van der Waals surface area contributed by atoms with Crippen molar-refractivity contribution >= 4 is 51.3 Å². The van der Waals surface area contributed by atoms with Crippen LogP contribution in [0.25, 0.3) is 10.9 Å². The van der Waals surface area contributed by atoms with E-state index in [-0.39, 0.29) is 18.1 Å². The van der Waals surface area contributed by atoms with Crippen LogP contribution in [-0.4, -0.2) is 49.9 Å². The van der Waals surface area contributed by atoms with E-state index in [0.717, 1.165) is 28.8 Å². The van der Waals surface area contributed by atoms with Crippen molar-refractivity contribution in [2.45, 2.75) is 38.6 Å². The predicted molar refractivity (Wildman–Crippen MR) is 167 cm³/mol. The minimum Gasteiger partial charge on any atom is -0.479 e. The van der Waals surface area contributed by atoms with Crippen LogP contribution in [0.3, 0.4) is 0 Å². The molecule has 0 bridgehead atoms. The summed E-state index contributed by atoms with van der Waals surface area (Å²) in [5.41, 5.74) is 2.35. The molecule has 2 atom stereocenters. The highest BCUT2D eigenvalue weighted by Gasteiger charge is 2.43. The molecule has 1 aromatic heterocycles. The number of halogens is 1. The number of carbonyl (C=O) groups is 2. The lowest BCUT2D eigenvalue weighted by Gasteiger charge is -2.19. The zero-order chi connectivity index (χ0) is 29.1. The summed E-state index contributed by atoms with van der Waals surface area (Å²) in [7, 11) is 0. The van der Waals surface area contributed by atoms with Crippen molar-refractivity contribution < 1.29 is 19.1 Å². The second-order valence-electron chi connectivity index (χ2n) is 9.56. The maximum Gasteiger partial charge on any atom is 0.332 e. The number of benzene rings is 2. The number of nitrogens with one attached hydrogen (secondary N) is 2. The molecule has 3 N–H and O–H groups in total. The van der Waals surface area contributed by atoms with Crippen molar-refractivity contribution in [3.8, 4) is 0 Å². The van der Waals surface area contributed by atoms with E-state index in [2.05, 4.69) is 54.4 Å². The number of carbonyl (C=O) groups excluding carboxylic acids is 1. The van der Waals surface area contributed by atoms with E-state index in [0.29, 0.717) is 34.5 Å². The lowest BCUT2D eigenvalue weighted by atomic mass is 9.92. The fourth-order valence-electron chi connectivity index (χ4n) is 4.37. The number of rotatable bonds is 12. The SMILES string of the molecule is C=C.CCC(C)/C(=C\C(=O)NCSCC1=NC(Cc2cc3ccc(F)cc3[nH]2)(C(=O)O)CS1)Cc1ccccc1. The molecule has 0 spiro atoms. The number of H-pyrrole nitrogens is 1. The zero-order valence-electron chi connectivity index (χ0n) is 22.9. The molecule has 40 heavy (non-hydrogen) atoms. The fourth-order valence-corrected chi connectivity index (χ4v) is 6.47. The molecule has 0 saturated carbocycles. The third-order valence-electron chi connectivity index (χ3n) is 6.72. The zero-order valence-corrected chi connectivity index (χ0v) is 24.5. The molecule has 0 radical (unpaired) electrons. The lowest BCUT2D eigenvalue weighted by Crippen LogP contribution is -2.39. The first-order valence-corrected chi connectivity index (χ1v) is 15.2. The number of thioether (sulfide) groups is 2. The van der Waals surface area contributed by atoms with Crippen molar-refractivity contribution in [1.82, 2.24) is 10.3 Å². The average Bonchev–Trinajstić information content (AvgIpc) is 3.56. The Morgan fingerprint density at radius 1 is 1.25 bits per heavy atom. The Bertz CT molecular complexity index is 1370. The second kappa shape index (κ2) is 14.9. The van der Waals surface area contributed by atoms with Crippen molar-refractivity contribution in [2.24, 2.45) is 10.9 Å². The van der Waals surface area contributed by atoms with Crippen molar-refractivity contribution in [3.63, 3.8) is 0 Å². The van der Waals surface area contributed by atoms with Crippen LogP contribution in [-0.2, 0) is 22.4 Å². The maximum absolute atomic E-state index is 13.5. The molecule has 0 aliphatic carbocycles. The average molecular weight is 582 g/mol. The van der Waals surface area contributed by atoms with Gasteiger partial charge in [0.2, 0.25) is 5.91 Å². The fraction of sp³-hybridized carbons (Fsp3) is 0.323. The molecule has 2 heterocycles. The summed E-state index contributed by atoms with van der Waals surface area (Å²) < 4.78 is 13.5. The van der Waals surface area contributed by atoms with Crippen LogP contribution in [0.4, 0.5) is 4.39 Å². The van der Waals surface area contributed by atoms with Crippen LogP contribution in [0.1, 0.15) is 31.5 Å². The number of carboxylic acid groups (broad SMARTS) is 1. The van der Waals surface area contributed by atoms with E-state index in [1.807, 2.05) is 24.3 Å². The first-order chi connectivity index (χ1) is 19.3. The number of nitrogens with zero attached hydrogens (tertiary/aromatic N) is 1. The first kappa shape index (κ1) is 31.2. The van der Waals surface area contributed by atoms with Gasteiger partial charge in [0, 0.05) is 35.2 Å². The van der Waals surface area contributed by atoms with Gasteiger partial charge in [-0.1, -0.05) is 49.8 Å². The molecular weight excluding hydrogens is 545 g/mol. The minimum absolute atomic E-state index is 0.125. The van der Waals surface area contributed by atoms with Crippen LogP contribution < -0.4 is 5.32 Å². The third kappa shape index (κ3) is 8.35. The van der Waals surface area contributed by atoms with Gasteiger partial charge in [-0.3, -0.25) is 9.79 Å². The molecule has 1 amide bonds. The van der Waals surface area contributed by atoms with Crippen molar-refractivity contribution in [1.29, 1.82) is 0 Å². The van der Waals surface area contributed by atoms with E-state index in [4.69, 9.17) is 0 Å². The predicted octanol–water partition coefficient (Wildman–Crippen LogP) is 6.64. The van der Waals surface area contributed by atoms with Crippen molar-refractivity contribution in [3.05, 3.63) is 96.5 Å². The quantitative estimate of drug-likeness (QED) is 0.0965. The number of hydrogen-bond acceptors (Lipinski definition) is 5. The summed E-state index contributed by atoms with van der Waals surface area (Å²) in [6, 6.07) is 16.4. The van der Waals surface area contributed by atoms with Crippen LogP contribution in [0.5, 0.6) is 0 Å². The number of aliphatic imine (C=N–C) groups is 1. The van der Waals surface area contributed by atoms with Crippen LogP contribution in [0.15, 0.2) is 84.4 Å². The number of aliphatic carboxylic acids is 1. The number of aromatic amines is 1. The van der Waals surface area contributed by atoms with Gasteiger partial charge in [-0.05, 0) is 54.0 Å². The van der Waals surface area contributed by atoms with Gasteiger partial charge in [0.05, 0.1) is 10.9 Å². The Morgan fingerprint density at radius 2 is 2.00 bits per heavy atom. The Balaban J connectivity index is 0.00000216. The normalized spacial score (nSPS) is 17.6. The number of aromatic nitrogens is 1. The van der Waals surface area contributed by atoms with Gasteiger partial charge in [-0.25, -0.2) is 9.18 Å². The second-order valence-corrected chi connectivity index (χ2v) is 11.6. The number of carboxylic acids is 1. The van der Waals surface area contributed by atoms with Gasteiger partial charge in [-0.2, -0.15) is 0 Å². The number of amides is 1. The largest absolute Gasteiger partial charge is 0.479 e. The molecule has 0 saturated heterocycles. The van der Waals surface area contributed by atoms with E-state index in [9.17, 15) is 19.1 Å². The highest BCUT2D eigenvalue weighted by molar-refractivity contribution is 8.16. The lowest BCUT2D eigenvalue weighted by molar-refractivity contribution is -0.142. The summed E-state index contributed by atoms with van der Waals surface area (Å²) in [5, 5.41) is 14.5. The van der Waals surface area contributed by atoms with E-state index >= 15 is 0 Å². The third-order valence-corrected chi connectivity index (χ3v) is 8.92. The van der Waals surface area contributed by atoms with Crippen LogP contribution >= 0.6 is 23.5 Å². The molecule has 2 aromatic carbocycles. The summed E-state index contributed by atoms with van der Waals surface area (Å²) in [4.78, 5) is 32.5. The highest BCUT2D eigenvalue weighted by atomic mass is 32.2. The minimum atomic E-state index is -1.27. The van der Waals surface area contributed by atoms with Gasteiger partial charge >= 0.3 is 5.97 Å². The maximum atomic E-state index is 13.5. The molecule has 212 valence electrons. The van der Waals surface area contributed by atoms with Gasteiger partial charge in [0.1, 0.15) is 5.82 Å². The summed E-state index contributed by atoms with van der Waals surface area (Å²) in [6.07, 6.45) is 3.61. The van der Waals surface area contributed by atoms with E-state index < -0.39 is 11.5 Å². The van der Waals surface area contributed by atoms with Crippen molar-refractivity contribution in [2.75, 3.05) is 17.4 Å². The topological polar surface area (TPSA) is 94.5 Å². The number of allylic oxidation sites excluding steroid dienone is 1. The Kier molecular flexibility index (Phi) is 11.6. The van der Waals surface area contributed by atoms with E-state index in [1.165, 1.54) is 41.2 Å². The van der Waals surface area contributed by atoms with Gasteiger partial charge < -0.3 is 15.4 Å². The van der Waals surface area contributed by atoms with Gasteiger partial charge in [0.25, 0.3) is 0 Å². The Hall–Kier alpha value is -3.30. The van der Waals surface area contributed by atoms with Gasteiger partial charge in [0.15, 0.2) is 5.54 Å². The smallest absolute Gasteiger partial charge is 0.332 e. The molecule has 2 unspecified atom stereocenters. The summed E-state index contributed by atoms with van der Waals surface area (Å²) in [6.45, 7) is 10.3. The molecule has 0 fully saturated rings. The standard InChI is InChI=1S/C29H32FN3O3S2.C2H4/c1-3-19(2)22(11-20-7-5-4-6-8-20)13-26(34)31-18-37-16-27-33-29(17-38-27,28(35)36)15-24-12-21-9-10-23(30)14-25(21)32-24;1-2/h4-10,12-14,19,32H,3,11,15-18H2,1-2H3,(H,31,34)(H,35,36);1-2H2/b22-13-;. The molecule has 1 aliphatic rings. The summed E-state index contributed by atoms with van der Waals surface area (Å²) in [5.74, 6) is 0.102. The highest BCUT2D eigenvalue weighted by Crippen LogP contribution is 2.33. The number of fused-ring (bicyclic) bond motifs is 1. The van der Waals surface area contributed by atoms with E-state index in [1.54, 1.807) is 12.1 Å². The van der Waals surface area contributed by atoms with Crippen LogP contribution in [0.2, 0.25) is 0 Å².